The Kier molecular flexibility index (Phi) is 2.64. The summed E-state index contributed by atoms with van der Waals surface area (Å²) >= 11 is 0. The lowest BCUT2D eigenvalue weighted by Gasteiger charge is -2.39. The van der Waals surface area contributed by atoms with Crippen molar-refractivity contribution in [3.63, 3.8) is 0 Å². The van der Waals surface area contributed by atoms with Gasteiger partial charge in [0.2, 0.25) is 0 Å². The second kappa shape index (κ2) is 5.08. The van der Waals surface area contributed by atoms with E-state index < -0.39 is 0 Å². The molecule has 1 aliphatic carbocycles. The minimum absolute atomic E-state index is 0.938. The Balaban J connectivity index is 1.58. The molecule has 0 N–H and O–H groups in total. The molecule has 0 atom stereocenters. The molecule has 3 aliphatic rings. The third kappa shape index (κ3) is 1.74. The topological polar surface area (TPSA) is 29.0 Å². The highest BCUT2D eigenvalue weighted by atomic mass is 15.2. The lowest BCUT2D eigenvalue weighted by atomic mass is 9.83. The van der Waals surface area contributed by atoms with E-state index in [1.807, 2.05) is 24.8 Å². The lowest BCUT2D eigenvalue weighted by Crippen LogP contribution is -2.25. The number of fused-ring (bicyclic) bond motifs is 8. The Labute approximate surface area is 163 Å². The minimum atomic E-state index is 0.938. The molecule has 2 aromatic heterocycles. The monoisotopic (exact) mass is 359 g/mol. The van der Waals surface area contributed by atoms with Gasteiger partial charge in [-0.25, -0.2) is 0 Å². The van der Waals surface area contributed by atoms with Gasteiger partial charge in [0.05, 0.1) is 23.3 Å². The maximum absolute atomic E-state index is 4.44. The van der Waals surface area contributed by atoms with Crippen LogP contribution in [0.1, 0.15) is 33.4 Å². The molecule has 0 radical (unpaired) electrons. The van der Waals surface area contributed by atoms with E-state index in [0.29, 0.717) is 0 Å². The molecule has 0 spiro atoms. The fourth-order valence-corrected chi connectivity index (χ4v) is 5.31. The summed E-state index contributed by atoms with van der Waals surface area (Å²) in [4.78, 5) is 11.3. The summed E-state index contributed by atoms with van der Waals surface area (Å²) in [6.07, 6.45) is 10.8. The van der Waals surface area contributed by atoms with Crippen LogP contribution in [-0.2, 0) is 19.3 Å². The van der Waals surface area contributed by atoms with Crippen LogP contribution in [0.15, 0.2) is 67.3 Å². The molecule has 2 aromatic carbocycles. The average Bonchev–Trinajstić information content (AvgIpc) is 3.12. The van der Waals surface area contributed by atoms with Gasteiger partial charge in [0.1, 0.15) is 0 Å². The summed E-state index contributed by atoms with van der Waals surface area (Å²) < 4.78 is 0. The van der Waals surface area contributed by atoms with Crippen LogP contribution < -0.4 is 4.90 Å². The van der Waals surface area contributed by atoms with Gasteiger partial charge in [-0.2, -0.15) is 0 Å². The maximum atomic E-state index is 4.44. The van der Waals surface area contributed by atoms with Gasteiger partial charge in [-0.15, -0.1) is 0 Å². The summed E-state index contributed by atoms with van der Waals surface area (Å²) in [5.74, 6) is 0. The first-order valence-corrected chi connectivity index (χ1v) is 9.80. The third-order valence-electron chi connectivity index (χ3n) is 6.49. The Bertz CT molecular complexity index is 1290. The molecule has 0 fully saturated rings. The number of aromatic nitrogens is 2. The second-order valence-electron chi connectivity index (χ2n) is 7.92. The molecule has 132 valence electrons. The van der Waals surface area contributed by atoms with E-state index >= 15 is 0 Å². The molecule has 0 unspecified atom stereocenters. The van der Waals surface area contributed by atoms with Crippen LogP contribution >= 0.6 is 0 Å². The van der Waals surface area contributed by atoms with E-state index in [0.717, 1.165) is 19.3 Å². The number of rotatable bonds is 0. The first-order valence-electron chi connectivity index (χ1n) is 9.80. The van der Waals surface area contributed by atoms with Crippen molar-refractivity contribution < 1.29 is 0 Å². The number of hydrogen-bond acceptors (Lipinski definition) is 3. The molecule has 3 heteroatoms. The molecule has 0 saturated carbocycles. The van der Waals surface area contributed by atoms with Crippen molar-refractivity contribution in [3.8, 4) is 11.1 Å². The number of nitrogens with zero attached hydrogens (tertiary/aromatic N) is 3. The van der Waals surface area contributed by atoms with Crippen molar-refractivity contribution in [1.82, 2.24) is 9.97 Å². The van der Waals surface area contributed by atoms with Crippen LogP contribution in [0.2, 0.25) is 0 Å². The van der Waals surface area contributed by atoms with Crippen molar-refractivity contribution in [2.24, 2.45) is 0 Å². The molecular formula is C25H17N3. The molecule has 4 aromatic rings. The van der Waals surface area contributed by atoms with Crippen molar-refractivity contribution in [3.05, 3.63) is 101 Å². The van der Waals surface area contributed by atoms with Gasteiger partial charge >= 0.3 is 0 Å². The fraction of sp³-hybridized carbons (Fsp3) is 0.120. The number of hydrogen-bond donors (Lipinski definition) is 0. The van der Waals surface area contributed by atoms with E-state index in [9.17, 15) is 0 Å². The highest BCUT2D eigenvalue weighted by Crippen LogP contribution is 2.54. The van der Waals surface area contributed by atoms with Crippen molar-refractivity contribution in [1.29, 1.82) is 0 Å². The normalized spacial score (nSPS) is 14.6. The summed E-state index contributed by atoms with van der Waals surface area (Å²) in [7, 11) is 0. The van der Waals surface area contributed by atoms with Gasteiger partial charge in [0.15, 0.2) is 0 Å². The molecule has 0 amide bonds. The highest BCUT2D eigenvalue weighted by molar-refractivity contribution is 5.93. The first-order chi connectivity index (χ1) is 13.9. The number of anilines is 3. The maximum Gasteiger partial charge on any atom is 0.0680 e. The Morgan fingerprint density at radius 1 is 0.643 bits per heavy atom. The van der Waals surface area contributed by atoms with E-state index in [1.165, 1.54) is 61.6 Å². The molecule has 2 aliphatic heterocycles. The van der Waals surface area contributed by atoms with E-state index in [1.54, 1.807) is 0 Å². The second-order valence-corrected chi connectivity index (χ2v) is 7.92. The summed E-state index contributed by atoms with van der Waals surface area (Å²) in [5.41, 5.74) is 15.1. The van der Waals surface area contributed by atoms with Gasteiger partial charge in [-0.3, -0.25) is 9.97 Å². The van der Waals surface area contributed by atoms with E-state index in [-0.39, 0.29) is 0 Å². The minimum Gasteiger partial charge on any atom is -0.308 e. The predicted octanol–water partition coefficient (Wildman–Crippen LogP) is 5.33. The molecule has 0 saturated heterocycles. The smallest absolute Gasteiger partial charge is 0.0680 e. The Hall–Kier alpha value is -3.46. The first kappa shape index (κ1) is 14.6. The Morgan fingerprint density at radius 2 is 1.50 bits per heavy atom. The third-order valence-corrected chi connectivity index (χ3v) is 6.49. The molecular weight excluding hydrogens is 342 g/mol. The SMILES string of the molecule is c1ccc2c(c1)Cc1c-2cc2c3c1Cc1ccncc1N3c1ccncc1C2. The molecule has 0 bridgehead atoms. The van der Waals surface area contributed by atoms with Gasteiger partial charge in [0, 0.05) is 31.4 Å². The van der Waals surface area contributed by atoms with Crippen LogP contribution in [0.5, 0.6) is 0 Å². The van der Waals surface area contributed by atoms with Crippen LogP contribution in [0.4, 0.5) is 17.1 Å². The van der Waals surface area contributed by atoms with E-state index in [2.05, 4.69) is 57.3 Å². The van der Waals surface area contributed by atoms with Crippen molar-refractivity contribution >= 4 is 17.1 Å². The zero-order valence-electron chi connectivity index (χ0n) is 15.3. The zero-order valence-corrected chi connectivity index (χ0v) is 15.3. The summed E-state index contributed by atoms with van der Waals surface area (Å²) in [6.45, 7) is 0. The van der Waals surface area contributed by atoms with Crippen molar-refractivity contribution in [2.45, 2.75) is 19.3 Å². The van der Waals surface area contributed by atoms with Crippen LogP contribution in [0.25, 0.3) is 11.1 Å². The zero-order chi connectivity index (χ0) is 18.2. The summed E-state index contributed by atoms with van der Waals surface area (Å²) in [6, 6.07) is 15.6. The van der Waals surface area contributed by atoms with Crippen LogP contribution in [-0.4, -0.2) is 9.97 Å². The quantitative estimate of drug-likeness (QED) is 0.367. The summed E-state index contributed by atoms with van der Waals surface area (Å²) in [5, 5.41) is 0. The standard InChI is InChI=1S/C25H17N3/c1-2-4-19-15(3-1)10-21-20(19)12-17-9-18-13-26-8-6-23(18)28-24-14-27-7-5-16(24)11-22(21)25(17)28/h1-8,12-14H,9-11H2. The molecule has 3 nitrogen and oxygen atoms in total. The number of pyridine rings is 2. The van der Waals surface area contributed by atoms with Crippen molar-refractivity contribution in [2.75, 3.05) is 4.90 Å². The largest absolute Gasteiger partial charge is 0.308 e. The van der Waals surface area contributed by atoms with Gasteiger partial charge in [-0.05, 0) is 69.1 Å². The van der Waals surface area contributed by atoms with Gasteiger partial charge in [-0.1, -0.05) is 24.3 Å². The molecule has 28 heavy (non-hydrogen) atoms. The van der Waals surface area contributed by atoms with Crippen LogP contribution in [0, 0.1) is 0 Å². The predicted molar refractivity (Wildman–Crippen MR) is 111 cm³/mol. The van der Waals surface area contributed by atoms with Crippen LogP contribution in [0.3, 0.4) is 0 Å². The molecule has 7 rings (SSSR count). The average molecular weight is 359 g/mol. The number of benzene rings is 2. The lowest BCUT2D eigenvalue weighted by molar-refractivity contribution is 0.977. The van der Waals surface area contributed by atoms with Gasteiger partial charge in [0.25, 0.3) is 0 Å². The fourth-order valence-electron chi connectivity index (χ4n) is 5.31. The van der Waals surface area contributed by atoms with Gasteiger partial charge < -0.3 is 4.90 Å². The highest BCUT2D eigenvalue weighted by Gasteiger charge is 2.35. The Morgan fingerprint density at radius 3 is 2.50 bits per heavy atom. The van der Waals surface area contributed by atoms with E-state index in [4.69, 9.17) is 0 Å². The molecule has 4 heterocycles.